The SMILES string of the molecule is CC(C#CC(C)(C)C)Nc1ccc(-c2ccc(N)cc2)cc1. The zero-order valence-corrected chi connectivity index (χ0v) is 13.8. The van der Waals surface area contributed by atoms with Gasteiger partial charge in [0.05, 0.1) is 6.04 Å². The first-order valence-corrected chi connectivity index (χ1v) is 7.59. The lowest BCUT2D eigenvalue weighted by Crippen LogP contribution is -2.13. The van der Waals surface area contributed by atoms with E-state index in [2.05, 4.69) is 69.1 Å². The van der Waals surface area contributed by atoms with Crippen LogP contribution in [0.5, 0.6) is 0 Å². The van der Waals surface area contributed by atoms with Crippen LogP contribution in [0.3, 0.4) is 0 Å². The van der Waals surface area contributed by atoms with E-state index in [9.17, 15) is 0 Å². The summed E-state index contributed by atoms with van der Waals surface area (Å²) in [7, 11) is 0. The highest BCUT2D eigenvalue weighted by Gasteiger charge is 2.05. The van der Waals surface area contributed by atoms with Gasteiger partial charge in [-0.05, 0) is 63.1 Å². The molecule has 0 aromatic heterocycles. The number of nitrogens with one attached hydrogen (secondary N) is 1. The predicted octanol–water partition coefficient (Wildman–Crippen LogP) is 4.79. The smallest absolute Gasteiger partial charge is 0.0848 e. The summed E-state index contributed by atoms with van der Waals surface area (Å²) < 4.78 is 0. The van der Waals surface area contributed by atoms with Crippen molar-refractivity contribution < 1.29 is 0 Å². The number of nitrogens with two attached hydrogens (primary N) is 1. The molecular weight excluding hydrogens is 268 g/mol. The highest BCUT2D eigenvalue weighted by atomic mass is 14.9. The van der Waals surface area contributed by atoms with Gasteiger partial charge < -0.3 is 11.1 Å². The zero-order chi connectivity index (χ0) is 16.2. The summed E-state index contributed by atoms with van der Waals surface area (Å²) in [5.41, 5.74) is 9.97. The molecule has 0 heterocycles. The van der Waals surface area contributed by atoms with Crippen molar-refractivity contribution in [2.75, 3.05) is 11.1 Å². The molecule has 0 aliphatic carbocycles. The van der Waals surface area contributed by atoms with Gasteiger partial charge in [0, 0.05) is 16.8 Å². The molecule has 3 N–H and O–H groups in total. The Morgan fingerprint density at radius 3 is 1.91 bits per heavy atom. The Labute approximate surface area is 133 Å². The first kappa shape index (κ1) is 16.0. The minimum absolute atomic E-state index is 0.0367. The van der Waals surface area contributed by atoms with Crippen LogP contribution >= 0.6 is 0 Å². The van der Waals surface area contributed by atoms with E-state index in [1.54, 1.807) is 0 Å². The van der Waals surface area contributed by atoms with Crippen LogP contribution in [0.15, 0.2) is 48.5 Å². The lowest BCUT2D eigenvalue weighted by molar-refractivity contribution is 0.570. The van der Waals surface area contributed by atoms with Crippen molar-refractivity contribution >= 4 is 11.4 Å². The third-order valence-corrected chi connectivity index (χ3v) is 3.18. The van der Waals surface area contributed by atoms with Crippen LogP contribution in [-0.2, 0) is 0 Å². The van der Waals surface area contributed by atoms with Gasteiger partial charge in [0.25, 0.3) is 0 Å². The zero-order valence-electron chi connectivity index (χ0n) is 13.8. The van der Waals surface area contributed by atoms with Crippen LogP contribution in [0.4, 0.5) is 11.4 Å². The Hall–Kier alpha value is -2.40. The molecule has 0 fully saturated rings. The molecule has 0 amide bonds. The standard InChI is InChI=1S/C20H24N2/c1-15(13-14-20(2,3)4)22-19-11-7-17(8-12-19)16-5-9-18(21)10-6-16/h5-12,15,22H,21H2,1-4H3. The van der Waals surface area contributed by atoms with E-state index in [1.807, 2.05) is 24.3 Å². The number of benzene rings is 2. The second kappa shape index (κ2) is 6.58. The number of rotatable bonds is 3. The van der Waals surface area contributed by atoms with E-state index in [4.69, 9.17) is 5.73 Å². The van der Waals surface area contributed by atoms with Gasteiger partial charge in [0.1, 0.15) is 0 Å². The van der Waals surface area contributed by atoms with Gasteiger partial charge in [0.15, 0.2) is 0 Å². The largest absolute Gasteiger partial charge is 0.399 e. The summed E-state index contributed by atoms with van der Waals surface area (Å²) in [6.45, 7) is 8.43. The lowest BCUT2D eigenvalue weighted by atomic mass is 9.97. The fourth-order valence-corrected chi connectivity index (χ4v) is 2.05. The average molecular weight is 292 g/mol. The average Bonchev–Trinajstić information content (AvgIpc) is 2.46. The van der Waals surface area contributed by atoms with Crippen LogP contribution in [-0.4, -0.2) is 6.04 Å². The summed E-state index contributed by atoms with van der Waals surface area (Å²) in [5.74, 6) is 6.51. The first-order valence-electron chi connectivity index (χ1n) is 7.59. The van der Waals surface area contributed by atoms with Gasteiger partial charge in [-0.2, -0.15) is 0 Å². The molecular formula is C20H24N2. The van der Waals surface area contributed by atoms with Crippen molar-refractivity contribution in [1.29, 1.82) is 0 Å². The van der Waals surface area contributed by atoms with E-state index >= 15 is 0 Å². The Bertz CT molecular complexity index is 665. The predicted molar refractivity (Wildman–Crippen MR) is 96.6 cm³/mol. The van der Waals surface area contributed by atoms with Crippen LogP contribution in [0.1, 0.15) is 27.7 Å². The minimum Gasteiger partial charge on any atom is -0.399 e. The second-order valence-corrected chi connectivity index (χ2v) is 6.58. The maximum absolute atomic E-state index is 5.72. The monoisotopic (exact) mass is 292 g/mol. The quantitative estimate of drug-likeness (QED) is 0.631. The molecule has 0 radical (unpaired) electrons. The van der Waals surface area contributed by atoms with Gasteiger partial charge in [0.2, 0.25) is 0 Å². The molecule has 0 saturated carbocycles. The summed E-state index contributed by atoms with van der Waals surface area (Å²) in [5, 5.41) is 3.41. The van der Waals surface area contributed by atoms with Crippen LogP contribution < -0.4 is 11.1 Å². The molecule has 2 heteroatoms. The molecule has 2 rings (SSSR count). The minimum atomic E-state index is 0.0367. The topological polar surface area (TPSA) is 38.0 Å². The van der Waals surface area contributed by atoms with E-state index in [-0.39, 0.29) is 11.5 Å². The Morgan fingerprint density at radius 2 is 1.41 bits per heavy atom. The first-order chi connectivity index (χ1) is 10.3. The van der Waals surface area contributed by atoms with Crippen molar-refractivity contribution in [1.82, 2.24) is 0 Å². The number of hydrogen-bond donors (Lipinski definition) is 2. The van der Waals surface area contributed by atoms with Crippen molar-refractivity contribution in [2.24, 2.45) is 5.41 Å². The van der Waals surface area contributed by atoms with E-state index in [0.29, 0.717) is 0 Å². The molecule has 1 unspecified atom stereocenters. The molecule has 0 spiro atoms. The molecule has 0 aliphatic heterocycles. The summed E-state index contributed by atoms with van der Waals surface area (Å²) in [4.78, 5) is 0. The number of hydrogen-bond acceptors (Lipinski definition) is 2. The number of nitrogen functional groups attached to an aromatic ring is 1. The molecule has 0 saturated heterocycles. The summed E-state index contributed by atoms with van der Waals surface area (Å²) in [6.07, 6.45) is 0. The maximum atomic E-state index is 5.72. The van der Waals surface area contributed by atoms with Crippen LogP contribution in [0.25, 0.3) is 11.1 Å². The van der Waals surface area contributed by atoms with Gasteiger partial charge in [-0.25, -0.2) is 0 Å². The molecule has 114 valence electrons. The summed E-state index contributed by atoms with van der Waals surface area (Å²) in [6, 6.07) is 16.4. The molecule has 1 atom stereocenters. The number of anilines is 2. The highest BCUT2D eigenvalue weighted by molar-refractivity contribution is 5.67. The Balaban J connectivity index is 2.05. The fourth-order valence-electron chi connectivity index (χ4n) is 2.05. The lowest BCUT2D eigenvalue weighted by Gasteiger charge is -2.12. The van der Waals surface area contributed by atoms with Crippen LogP contribution in [0.2, 0.25) is 0 Å². The molecule has 0 bridgehead atoms. The van der Waals surface area contributed by atoms with Gasteiger partial charge in [-0.15, -0.1) is 0 Å². The van der Waals surface area contributed by atoms with E-state index < -0.39 is 0 Å². The molecule has 22 heavy (non-hydrogen) atoms. The summed E-state index contributed by atoms with van der Waals surface area (Å²) >= 11 is 0. The Morgan fingerprint density at radius 1 is 0.909 bits per heavy atom. The van der Waals surface area contributed by atoms with Gasteiger partial charge >= 0.3 is 0 Å². The van der Waals surface area contributed by atoms with Crippen molar-refractivity contribution in [2.45, 2.75) is 33.7 Å². The molecule has 2 aromatic rings. The second-order valence-electron chi connectivity index (χ2n) is 6.58. The van der Waals surface area contributed by atoms with Gasteiger partial charge in [-0.3, -0.25) is 0 Å². The van der Waals surface area contributed by atoms with Crippen molar-refractivity contribution in [3.8, 4) is 23.0 Å². The van der Waals surface area contributed by atoms with Crippen molar-refractivity contribution in [3.63, 3.8) is 0 Å². The highest BCUT2D eigenvalue weighted by Crippen LogP contribution is 2.22. The van der Waals surface area contributed by atoms with E-state index in [1.165, 1.54) is 11.1 Å². The van der Waals surface area contributed by atoms with Crippen LogP contribution in [0, 0.1) is 17.3 Å². The normalized spacial score (nSPS) is 12.2. The Kier molecular flexibility index (Phi) is 4.78. The van der Waals surface area contributed by atoms with Gasteiger partial charge in [-0.1, -0.05) is 36.1 Å². The van der Waals surface area contributed by atoms with Crippen molar-refractivity contribution in [3.05, 3.63) is 48.5 Å². The maximum Gasteiger partial charge on any atom is 0.0848 e. The third kappa shape index (κ3) is 4.86. The molecule has 0 aliphatic rings. The molecule has 2 nitrogen and oxygen atoms in total. The third-order valence-electron chi connectivity index (χ3n) is 3.18. The molecule has 2 aromatic carbocycles. The van der Waals surface area contributed by atoms with E-state index in [0.717, 1.165) is 11.4 Å². The fraction of sp³-hybridized carbons (Fsp3) is 0.300.